The van der Waals surface area contributed by atoms with Crippen LogP contribution in [0.15, 0.2) is 5.38 Å². The van der Waals surface area contributed by atoms with Gasteiger partial charge >= 0.3 is 0 Å². The summed E-state index contributed by atoms with van der Waals surface area (Å²) in [6.45, 7) is 4.09. The molecule has 1 aromatic rings. The van der Waals surface area contributed by atoms with Crippen molar-refractivity contribution < 1.29 is 14.3 Å². The Morgan fingerprint density at radius 2 is 2.37 bits per heavy atom. The topological polar surface area (TPSA) is 80.3 Å². The molecule has 1 aromatic heterocycles. The van der Waals surface area contributed by atoms with E-state index in [1.54, 1.807) is 5.38 Å². The maximum atomic E-state index is 12.0. The second-order valence-electron chi connectivity index (χ2n) is 4.53. The molecule has 1 aliphatic heterocycles. The lowest BCUT2D eigenvalue weighted by atomic mass is 10.1. The summed E-state index contributed by atoms with van der Waals surface area (Å²) >= 11 is 1.23. The zero-order valence-electron chi connectivity index (χ0n) is 10.9. The number of rotatable bonds is 4. The number of aromatic nitrogens is 1. The Balaban J connectivity index is 1.91. The summed E-state index contributed by atoms with van der Waals surface area (Å²) in [5.41, 5.74) is 0.318. The van der Waals surface area contributed by atoms with Crippen LogP contribution in [0.4, 0.5) is 5.13 Å². The summed E-state index contributed by atoms with van der Waals surface area (Å²) in [5.74, 6) is -0.440. The van der Waals surface area contributed by atoms with Gasteiger partial charge in [0.2, 0.25) is 5.91 Å². The van der Waals surface area contributed by atoms with E-state index >= 15 is 0 Å². The third-order valence-electron chi connectivity index (χ3n) is 2.90. The number of amides is 2. The molecule has 2 N–H and O–H groups in total. The van der Waals surface area contributed by atoms with Crippen molar-refractivity contribution in [1.29, 1.82) is 0 Å². The van der Waals surface area contributed by atoms with E-state index in [0.717, 1.165) is 19.4 Å². The van der Waals surface area contributed by atoms with Crippen molar-refractivity contribution in [2.75, 3.05) is 11.9 Å². The predicted octanol–water partition coefficient (Wildman–Crippen LogP) is 1.40. The maximum Gasteiger partial charge on any atom is 0.271 e. The monoisotopic (exact) mass is 283 g/mol. The molecule has 2 amide bonds. The summed E-state index contributed by atoms with van der Waals surface area (Å²) in [4.78, 5) is 26.9. The summed E-state index contributed by atoms with van der Waals surface area (Å²) in [6.07, 6.45) is 2.08. The number of anilines is 1. The van der Waals surface area contributed by atoms with Crippen molar-refractivity contribution in [3.63, 3.8) is 0 Å². The minimum Gasteiger partial charge on any atom is -0.376 e. The van der Waals surface area contributed by atoms with Gasteiger partial charge in [-0.25, -0.2) is 4.98 Å². The Kier molecular flexibility index (Phi) is 4.49. The molecule has 0 aliphatic carbocycles. The number of thiazole rings is 1. The third kappa shape index (κ3) is 3.74. The molecule has 0 radical (unpaired) electrons. The highest BCUT2D eigenvalue weighted by molar-refractivity contribution is 7.14. The lowest BCUT2D eigenvalue weighted by molar-refractivity contribution is -0.114. The molecule has 0 aromatic carbocycles. The Morgan fingerprint density at radius 1 is 1.58 bits per heavy atom. The van der Waals surface area contributed by atoms with Crippen LogP contribution >= 0.6 is 11.3 Å². The smallest absolute Gasteiger partial charge is 0.271 e. The van der Waals surface area contributed by atoms with Crippen LogP contribution < -0.4 is 10.6 Å². The third-order valence-corrected chi connectivity index (χ3v) is 3.66. The molecule has 0 unspecified atom stereocenters. The zero-order valence-corrected chi connectivity index (χ0v) is 11.8. The molecule has 0 saturated carbocycles. The van der Waals surface area contributed by atoms with E-state index in [4.69, 9.17) is 4.74 Å². The number of nitrogens with one attached hydrogen (secondary N) is 2. The molecule has 0 bridgehead atoms. The minimum absolute atomic E-state index is 0.0408. The number of hydrogen-bond acceptors (Lipinski definition) is 5. The highest BCUT2D eigenvalue weighted by Gasteiger charge is 2.24. The molecule has 2 rings (SSSR count). The fraction of sp³-hybridized carbons (Fsp3) is 0.583. The normalized spacial score (nSPS) is 20.0. The molecule has 104 valence electrons. The highest BCUT2D eigenvalue weighted by Crippen LogP contribution is 2.17. The molecule has 6 nitrogen and oxygen atoms in total. The van der Waals surface area contributed by atoms with E-state index in [2.05, 4.69) is 15.6 Å². The number of carbonyl (C=O) groups is 2. The number of hydrogen-bond donors (Lipinski definition) is 2. The zero-order chi connectivity index (χ0) is 13.8. The van der Waals surface area contributed by atoms with Crippen LogP contribution in [-0.2, 0) is 9.53 Å². The molecule has 2 heterocycles. The van der Waals surface area contributed by atoms with Gasteiger partial charge in [0.15, 0.2) is 5.13 Å². The SMILES string of the molecule is CC(=O)Nc1nc(C(=O)N[C@@H](C)[C@@H]2CCCO2)cs1. The average molecular weight is 283 g/mol. The molecule has 1 saturated heterocycles. The number of nitrogens with zero attached hydrogens (tertiary/aromatic N) is 1. The van der Waals surface area contributed by atoms with E-state index in [9.17, 15) is 9.59 Å². The molecule has 1 aliphatic rings. The predicted molar refractivity (Wildman–Crippen MR) is 72.3 cm³/mol. The first-order valence-corrected chi connectivity index (χ1v) is 7.10. The molecular formula is C12H17N3O3S. The van der Waals surface area contributed by atoms with E-state index in [-0.39, 0.29) is 24.0 Å². The fourth-order valence-electron chi connectivity index (χ4n) is 1.96. The summed E-state index contributed by atoms with van der Waals surface area (Å²) in [7, 11) is 0. The Hall–Kier alpha value is -1.47. The van der Waals surface area contributed by atoms with Gasteiger partial charge in [-0.2, -0.15) is 0 Å². The second kappa shape index (κ2) is 6.12. The molecule has 19 heavy (non-hydrogen) atoms. The Labute approximate surface area is 115 Å². The quantitative estimate of drug-likeness (QED) is 0.875. The average Bonchev–Trinajstić information content (AvgIpc) is 2.97. The first-order valence-electron chi connectivity index (χ1n) is 6.22. The van der Waals surface area contributed by atoms with Gasteiger partial charge in [-0.1, -0.05) is 0 Å². The summed E-state index contributed by atoms with van der Waals surface area (Å²) in [6, 6.07) is -0.0408. The maximum absolute atomic E-state index is 12.0. The van der Waals surface area contributed by atoms with Gasteiger partial charge in [-0.3, -0.25) is 9.59 Å². The van der Waals surface area contributed by atoms with E-state index in [1.165, 1.54) is 18.3 Å². The van der Waals surface area contributed by atoms with Gasteiger partial charge < -0.3 is 15.4 Å². The van der Waals surface area contributed by atoms with Crippen LogP contribution in [-0.4, -0.2) is 35.6 Å². The Bertz CT molecular complexity index is 469. The largest absolute Gasteiger partial charge is 0.376 e. The molecule has 7 heteroatoms. The minimum atomic E-state index is -0.240. The standard InChI is InChI=1S/C12H17N3O3S/c1-7(10-4-3-5-18-10)13-11(17)9-6-19-12(15-9)14-8(2)16/h6-7,10H,3-5H2,1-2H3,(H,13,17)(H,14,15,16)/t7-,10-/m0/s1. The van der Waals surface area contributed by atoms with Crippen LogP contribution in [0, 0.1) is 0 Å². The first kappa shape index (κ1) is 14.0. The van der Waals surface area contributed by atoms with Crippen molar-refractivity contribution in [2.45, 2.75) is 38.8 Å². The van der Waals surface area contributed by atoms with E-state index in [0.29, 0.717) is 10.8 Å². The number of ether oxygens (including phenoxy) is 1. The number of carbonyl (C=O) groups excluding carboxylic acids is 2. The van der Waals surface area contributed by atoms with Crippen LogP contribution in [0.5, 0.6) is 0 Å². The molecule has 1 fully saturated rings. The van der Waals surface area contributed by atoms with Gasteiger partial charge in [-0.05, 0) is 19.8 Å². The van der Waals surface area contributed by atoms with Gasteiger partial charge in [0.25, 0.3) is 5.91 Å². The second-order valence-corrected chi connectivity index (χ2v) is 5.39. The van der Waals surface area contributed by atoms with Crippen LogP contribution in [0.1, 0.15) is 37.2 Å². The highest BCUT2D eigenvalue weighted by atomic mass is 32.1. The lowest BCUT2D eigenvalue weighted by Gasteiger charge is -2.19. The molecule has 0 spiro atoms. The van der Waals surface area contributed by atoms with Crippen LogP contribution in [0.2, 0.25) is 0 Å². The van der Waals surface area contributed by atoms with Crippen LogP contribution in [0.3, 0.4) is 0 Å². The summed E-state index contributed by atoms with van der Waals surface area (Å²) < 4.78 is 5.52. The van der Waals surface area contributed by atoms with Crippen LogP contribution in [0.25, 0.3) is 0 Å². The lowest BCUT2D eigenvalue weighted by Crippen LogP contribution is -2.40. The fourth-order valence-corrected chi connectivity index (χ4v) is 2.69. The summed E-state index contributed by atoms with van der Waals surface area (Å²) in [5, 5.41) is 7.49. The van der Waals surface area contributed by atoms with E-state index < -0.39 is 0 Å². The van der Waals surface area contributed by atoms with Crippen molar-refractivity contribution in [2.24, 2.45) is 0 Å². The molecular weight excluding hydrogens is 266 g/mol. The van der Waals surface area contributed by atoms with Crippen molar-refractivity contribution in [1.82, 2.24) is 10.3 Å². The van der Waals surface area contributed by atoms with Gasteiger partial charge in [0.1, 0.15) is 5.69 Å². The molecule has 2 atom stereocenters. The van der Waals surface area contributed by atoms with Crippen molar-refractivity contribution >= 4 is 28.3 Å². The van der Waals surface area contributed by atoms with Gasteiger partial charge in [0.05, 0.1) is 12.1 Å². The van der Waals surface area contributed by atoms with E-state index in [1.807, 2.05) is 6.92 Å². The Morgan fingerprint density at radius 3 is 3.00 bits per heavy atom. The first-order chi connectivity index (χ1) is 9.06. The van der Waals surface area contributed by atoms with Gasteiger partial charge in [0, 0.05) is 18.9 Å². The van der Waals surface area contributed by atoms with Gasteiger partial charge in [-0.15, -0.1) is 11.3 Å². The van der Waals surface area contributed by atoms with Crippen molar-refractivity contribution in [3.05, 3.63) is 11.1 Å². The van der Waals surface area contributed by atoms with Crippen molar-refractivity contribution in [3.8, 4) is 0 Å².